The molecule has 0 radical (unpaired) electrons. The number of anilines is 1. The predicted octanol–water partition coefficient (Wildman–Crippen LogP) is 2.36. The summed E-state index contributed by atoms with van der Waals surface area (Å²) in [4.78, 5) is 12.6. The van der Waals surface area contributed by atoms with E-state index >= 15 is 0 Å². The van der Waals surface area contributed by atoms with E-state index in [1.54, 1.807) is 0 Å². The Morgan fingerprint density at radius 1 is 1.08 bits per heavy atom. The number of rotatable bonds is 2. The molecular weight excluding hydrogens is 304 g/mol. The number of hydrogen-bond acceptors (Lipinski definition) is 4. The van der Waals surface area contributed by atoms with Crippen LogP contribution in [0.1, 0.15) is 11.1 Å². The van der Waals surface area contributed by atoms with Crippen LogP contribution in [0.25, 0.3) is 0 Å². The van der Waals surface area contributed by atoms with Crippen molar-refractivity contribution in [2.75, 3.05) is 25.1 Å². The molecule has 4 rings (SSSR count). The molecule has 0 bridgehead atoms. The number of ether oxygens (including phenoxy) is 2. The normalized spacial score (nSPS) is 19.1. The molecule has 0 saturated carbocycles. The number of nitrogens with one attached hydrogen (secondary N) is 2. The summed E-state index contributed by atoms with van der Waals surface area (Å²) in [6.07, 6.45) is 0.706. The van der Waals surface area contributed by atoms with Crippen molar-refractivity contribution in [3.05, 3.63) is 53.6 Å². The highest BCUT2D eigenvalue weighted by atomic mass is 16.5. The summed E-state index contributed by atoms with van der Waals surface area (Å²) >= 11 is 0. The molecule has 0 saturated heterocycles. The summed E-state index contributed by atoms with van der Waals surface area (Å²) in [5, 5.41) is 6.31. The summed E-state index contributed by atoms with van der Waals surface area (Å²) in [6.45, 7) is 2.66. The largest absolute Gasteiger partial charge is 0.492 e. The molecule has 1 atom stereocenters. The lowest BCUT2D eigenvalue weighted by Gasteiger charge is -2.24. The van der Waals surface area contributed by atoms with Crippen LogP contribution >= 0.6 is 0 Å². The van der Waals surface area contributed by atoms with Crippen LogP contribution in [0.15, 0.2) is 42.5 Å². The van der Waals surface area contributed by atoms with Crippen molar-refractivity contribution in [2.24, 2.45) is 5.92 Å². The van der Waals surface area contributed by atoms with Crippen molar-refractivity contribution >= 4 is 11.6 Å². The second-order valence-electron chi connectivity index (χ2n) is 6.16. The SMILES string of the molecule is O=C(Nc1ccc2c(c1)CNCCO2)C1COc2ccccc2C1. The zero-order chi connectivity index (χ0) is 16.4. The van der Waals surface area contributed by atoms with E-state index < -0.39 is 0 Å². The third-order valence-electron chi connectivity index (χ3n) is 4.43. The Bertz CT molecular complexity index is 760. The smallest absolute Gasteiger partial charge is 0.231 e. The Hall–Kier alpha value is -2.53. The molecule has 2 aliphatic rings. The lowest BCUT2D eigenvalue weighted by molar-refractivity contribution is -0.121. The van der Waals surface area contributed by atoms with E-state index in [9.17, 15) is 4.79 Å². The third-order valence-corrected chi connectivity index (χ3v) is 4.43. The first-order valence-corrected chi connectivity index (χ1v) is 8.27. The molecular formula is C19H20N2O3. The standard InChI is InChI=1S/C19H20N2O3/c22-19(15-9-13-3-1-2-4-17(13)24-12-15)21-16-5-6-18-14(10-16)11-20-7-8-23-18/h1-6,10,15,20H,7-9,11-12H2,(H,21,22). The van der Waals surface area contributed by atoms with Gasteiger partial charge in [-0.2, -0.15) is 0 Å². The summed E-state index contributed by atoms with van der Waals surface area (Å²) in [5.74, 6) is 1.59. The van der Waals surface area contributed by atoms with E-state index in [1.165, 1.54) is 0 Å². The minimum Gasteiger partial charge on any atom is -0.492 e. The molecule has 2 N–H and O–H groups in total. The second-order valence-corrected chi connectivity index (χ2v) is 6.16. The van der Waals surface area contributed by atoms with Crippen LogP contribution in [-0.4, -0.2) is 25.7 Å². The molecule has 2 heterocycles. The molecule has 0 aromatic heterocycles. The number of carbonyl (C=O) groups is 1. The lowest BCUT2D eigenvalue weighted by atomic mass is 9.96. The highest BCUT2D eigenvalue weighted by Crippen LogP contribution is 2.28. The second kappa shape index (κ2) is 6.53. The third kappa shape index (κ3) is 3.08. The predicted molar refractivity (Wildman–Crippen MR) is 91.4 cm³/mol. The molecule has 5 nitrogen and oxygen atoms in total. The molecule has 24 heavy (non-hydrogen) atoms. The van der Waals surface area contributed by atoms with Gasteiger partial charge in [-0.15, -0.1) is 0 Å². The molecule has 1 amide bonds. The quantitative estimate of drug-likeness (QED) is 0.890. The Balaban J connectivity index is 1.46. The molecule has 2 aliphatic heterocycles. The zero-order valence-electron chi connectivity index (χ0n) is 13.4. The monoisotopic (exact) mass is 324 g/mol. The van der Waals surface area contributed by atoms with E-state index in [4.69, 9.17) is 9.47 Å². The number of amides is 1. The van der Waals surface area contributed by atoms with E-state index in [0.717, 1.165) is 41.4 Å². The van der Waals surface area contributed by atoms with Gasteiger partial charge in [0.1, 0.15) is 24.7 Å². The topological polar surface area (TPSA) is 59.6 Å². The van der Waals surface area contributed by atoms with Crippen molar-refractivity contribution in [1.29, 1.82) is 0 Å². The molecule has 2 aromatic carbocycles. The number of benzene rings is 2. The van der Waals surface area contributed by atoms with Crippen LogP contribution in [0.5, 0.6) is 11.5 Å². The molecule has 0 fully saturated rings. The van der Waals surface area contributed by atoms with Gasteiger partial charge < -0.3 is 20.1 Å². The van der Waals surface area contributed by atoms with Gasteiger partial charge in [0.05, 0.1) is 5.92 Å². The minimum absolute atomic E-state index is 0.00745. The van der Waals surface area contributed by atoms with Gasteiger partial charge in [-0.05, 0) is 36.2 Å². The van der Waals surface area contributed by atoms with E-state index in [2.05, 4.69) is 10.6 Å². The lowest BCUT2D eigenvalue weighted by Crippen LogP contribution is -2.32. The first-order chi connectivity index (χ1) is 11.8. The highest BCUT2D eigenvalue weighted by Gasteiger charge is 2.26. The number of carbonyl (C=O) groups excluding carboxylic acids is 1. The van der Waals surface area contributed by atoms with Gasteiger partial charge in [0.25, 0.3) is 0 Å². The summed E-state index contributed by atoms with van der Waals surface area (Å²) in [5.41, 5.74) is 2.95. The first-order valence-electron chi connectivity index (χ1n) is 8.27. The van der Waals surface area contributed by atoms with Crippen LogP contribution in [0, 0.1) is 5.92 Å². The van der Waals surface area contributed by atoms with Gasteiger partial charge in [0.2, 0.25) is 5.91 Å². The fourth-order valence-electron chi connectivity index (χ4n) is 3.13. The van der Waals surface area contributed by atoms with E-state index in [0.29, 0.717) is 19.6 Å². The van der Waals surface area contributed by atoms with Crippen LogP contribution in [-0.2, 0) is 17.8 Å². The Labute approximate surface area is 141 Å². The van der Waals surface area contributed by atoms with E-state index in [1.807, 2.05) is 42.5 Å². The maximum atomic E-state index is 12.6. The molecule has 2 aromatic rings. The van der Waals surface area contributed by atoms with Crippen molar-refractivity contribution in [3.63, 3.8) is 0 Å². The average molecular weight is 324 g/mol. The maximum absolute atomic E-state index is 12.6. The van der Waals surface area contributed by atoms with Crippen molar-refractivity contribution in [1.82, 2.24) is 5.32 Å². The summed E-state index contributed by atoms with van der Waals surface area (Å²) < 4.78 is 11.4. The molecule has 5 heteroatoms. The Kier molecular flexibility index (Phi) is 4.09. The van der Waals surface area contributed by atoms with Gasteiger partial charge in [0.15, 0.2) is 0 Å². The highest BCUT2D eigenvalue weighted by molar-refractivity contribution is 5.93. The van der Waals surface area contributed by atoms with Crippen molar-refractivity contribution in [3.8, 4) is 11.5 Å². The molecule has 1 unspecified atom stereocenters. The van der Waals surface area contributed by atoms with Gasteiger partial charge in [-0.25, -0.2) is 0 Å². The summed E-state index contributed by atoms with van der Waals surface area (Å²) in [7, 11) is 0. The Morgan fingerprint density at radius 3 is 2.92 bits per heavy atom. The maximum Gasteiger partial charge on any atom is 0.231 e. The number of fused-ring (bicyclic) bond motifs is 2. The Morgan fingerprint density at radius 2 is 1.96 bits per heavy atom. The minimum atomic E-state index is -0.173. The van der Waals surface area contributed by atoms with Crippen LogP contribution in [0.4, 0.5) is 5.69 Å². The van der Waals surface area contributed by atoms with Crippen LogP contribution in [0.2, 0.25) is 0 Å². The van der Waals surface area contributed by atoms with E-state index in [-0.39, 0.29) is 11.8 Å². The van der Waals surface area contributed by atoms with Crippen molar-refractivity contribution in [2.45, 2.75) is 13.0 Å². The van der Waals surface area contributed by atoms with Gasteiger partial charge >= 0.3 is 0 Å². The van der Waals surface area contributed by atoms with Crippen LogP contribution < -0.4 is 20.1 Å². The van der Waals surface area contributed by atoms with Gasteiger partial charge in [-0.3, -0.25) is 4.79 Å². The van der Waals surface area contributed by atoms with Gasteiger partial charge in [0, 0.05) is 24.3 Å². The van der Waals surface area contributed by atoms with Crippen LogP contribution in [0.3, 0.4) is 0 Å². The zero-order valence-corrected chi connectivity index (χ0v) is 13.4. The number of para-hydroxylation sites is 1. The molecule has 0 spiro atoms. The summed E-state index contributed by atoms with van der Waals surface area (Å²) in [6, 6.07) is 13.7. The van der Waals surface area contributed by atoms with Gasteiger partial charge in [-0.1, -0.05) is 18.2 Å². The van der Waals surface area contributed by atoms with Crippen molar-refractivity contribution < 1.29 is 14.3 Å². The molecule has 124 valence electrons. The first kappa shape index (κ1) is 15.0. The fourth-order valence-corrected chi connectivity index (χ4v) is 3.13. The number of hydrogen-bond donors (Lipinski definition) is 2. The fraction of sp³-hybridized carbons (Fsp3) is 0.316. The average Bonchev–Trinajstić information content (AvgIpc) is 2.86. The molecule has 0 aliphatic carbocycles.